The molecule has 2 nitrogen and oxygen atoms in total. The molecule has 0 aromatic heterocycles. The third-order valence-corrected chi connectivity index (χ3v) is 3.71. The van der Waals surface area contributed by atoms with Crippen molar-refractivity contribution in [3.8, 4) is 0 Å². The van der Waals surface area contributed by atoms with Crippen molar-refractivity contribution < 1.29 is 13.2 Å². The maximum atomic E-state index is 12.5. The first kappa shape index (κ1) is 15.2. The van der Waals surface area contributed by atoms with E-state index in [0.717, 1.165) is 21.4 Å². The minimum Gasteiger partial charge on any atom is -0.397 e. The summed E-state index contributed by atoms with van der Waals surface area (Å²) in [6.07, 6.45) is -4.40. The van der Waals surface area contributed by atoms with Crippen LogP contribution in [0.1, 0.15) is 5.56 Å². The fourth-order valence-corrected chi connectivity index (χ4v) is 2.60. The van der Waals surface area contributed by atoms with Crippen LogP contribution >= 0.6 is 34.2 Å². The molecule has 2 aromatic rings. The summed E-state index contributed by atoms with van der Waals surface area (Å²) in [6, 6.07) is 8.37. The fourth-order valence-electron chi connectivity index (χ4n) is 1.59. The molecule has 0 unspecified atom stereocenters. The van der Waals surface area contributed by atoms with E-state index in [1.54, 1.807) is 18.2 Å². The third kappa shape index (κ3) is 3.49. The van der Waals surface area contributed by atoms with Crippen molar-refractivity contribution in [3.05, 3.63) is 50.6 Å². The average molecular weight is 413 g/mol. The molecule has 7 heteroatoms. The van der Waals surface area contributed by atoms with E-state index in [0.29, 0.717) is 10.7 Å². The maximum absolute atomic E-state index is 12.5. The number of nitrogens with two attached hydrogens (primary N) is 1. The highest BCUT2D eigenvalue weighted by Gasteiger charge is 2.30. The van der Waals surface area contributed by atoms with Crippen LogP contribution in [0.5, 0.6) is 0 Å². The SMILES string of the molecule is Nc1cc(C(F)(F)F)ccc1Nc1ccc(Cl)cc1I. The topological polar surface area (TPSA) is 38.0 Å². The number of hydrogen-bond acceptors (Lipinski definition) is 2. The highest BCUT2D eigenvalue weighted by molar-refractivity contribution is 14.1. The minimum atomic E-state index is -4.40. The largest absolute Gasteiger partial charge is 0.416 e. The van der Waals surface area contributed by atoms with E-state index in [4.69, 9.17) is 17.3 Å². The van der Waals surface area contributed by atoms with E-state index in [2.05, 4.69) is 27.9 Å². The van der Waals surface area contributed by atoms with Crippen molar-refractivity contribution in [3.63, 3.8) is 0 Å². The molecule has 2 aromatic carbocycles. The zero-order valence-corrected chi connectivity index (χ0v) is 12.8. The van der Waals surface area contributed by atoms with Gasteiger partial charge in [-0.25, -0.2) is 0 Å². The van der Waals surface area contributed by atoms with Crippen LogP contribution in [0.2, 0.25) is 5.02 Å². The summed E-state index contributed by atoms with van der Waals surface area (Å²) in [7, 11) is 0. The molecule has 3 N–H and O–H groups in total. The Morgan fingerprint density at radius 2 is 1.70 bits per heavy atom. The van der Waals surface area contributed by atoms with Gasteiger partial charge in [-0.15, -0.1) is 0 Å². The Kier molecular flexibility index (Phi) is 4.33. The number of hydrogen-bond donors (Lipinski definition) is 2. The Morgan fingerprint density at radius 1 is 1.05 bits per heavy atom. The third-order valence-electron chi connectivity index (χ3n) is 2.58. The molecule has 0 spiro atoms. The van der Waals surface area contributed by atoms with Crippen molar-refractivity contribution in [1.29, 1.82) is 0 Å². The van der Waals surface area contributed by atoms with Crippen LogP contribution in [-0.2, 0) is 6.18 Å². The summed E-state index contributed by atoms with van der Waals surface area (Å²) in [6.45, 7) is 0. The van der Waals surface area contributed by atoms with E-state index >= 15 is 0 Å². The standard InChI is InChI=1S/C13H9ClF3IN2/c14-8-2-4-11(9(18)6-8)20-12-3-1-7(5-10(12)19)13(15,16)17/h1-6,20H,19H2. The van der Waals surface area contributed by atoms with E-state index in [9.17, 15) is 13.2 Å². The molecule has 0 amide bonds. The average Bonchev–Trinajstić information content (AvgIpc) is 2.33. The molecule has 0 saturated heterocycles. The summed E-state index contributed by atoms with van der Waals surface area (Å²) in [5.74, 6) is 0. The summed E-state index contributed by atoms with van der Waals surface area (Å²) in [4.78, 5) is 0. The Labute approximate surface area is 132 Å². The van der Waals surface area contributed by atoms with Crippen molar-refractivity contribution in [1.82, 2.24) is 0 Å². The van der Waals surface area contributed by atoms with Crippen LogP contribution in [-0.4, -0.2) is 0 Å². The van der Waals surface area contributed by atoms with Gasteiger partial charge in [0.2, 0.25) is 0 Å². The molecule has 106 valence electrons. The first-order valence-corrected chi connectivity index (χ1v) is 6.92. The van der Waals surface area contributed by atoms with Gasteiger partial charge in [0.1, 0.15) is 0 Å². The van der Waals surface area contributed by atoms with Gasteiger partial charge in [0.05, 0.1) is 22.6 Å². The number of nitrogens with one attached hydrogen (secondary N) is 1. The van der Waals surface area contributed by atoms with Crippen molar-refractivity contribution in [2.45, 2.75) is 6.18 Å². The molecule has 0 aliphatic heterocycles. The molecule has 0 aliphatic carbocycles. The van der Waals surface area contributed by atoms with Crippen LogP contribution < -0.4 is 11.1 Å². The number of alkyl halides is 3. The quantitative estimate of drug-likeness (QED) is 0.520. The fraction of sp³-hybridized carbons (Fsp3) is 0.0769. The van der Waals surface area contributed by atoms with Crippen molar-refractivity contribution in [2.75, 3.05) is 11.1 Å². The van der Waals surface area contributed by atoms with Gasteiger partial charge in [-0.2, -0.15) is 13.2 Å². The second-order valence-electron chi connectivity index (χ2n) is 4.05. The highest BCUT2D eigenvalue weighted by Crippen LogP contribution is 2.34. The van der Waals surface area contributed by atoms with Gasteiger partial charge in [0, 0.05) is 8.59 Å². The molecule has 0 fully saturated rings. The molecular weight excluding hydrogens is 404 g/mol. The normalized spacial score (nSPS) is 11.4. The van der Waals surface area contributed by atoms with E-state index in [1.807, 2.05) is 0 Å². The Bertz CT molecular complexity index is 644. The van der Waals surface area contributed by atoms with Gasteiger partial charge in [0.25, 0.3) is 0 Å². The summed E-state index contributed by atoms with van der Waals surface area (Å²) in [5.41, 5.74) is 6.05. The van der Waals surface area contributed by atoms with Gasteiger partial charge in [-0.1, -0.05) is 11.6 Å². The molecule has 0 bridgehead atoms. The Hall–Kier alpha value is -1.15. The van der Waals surface area contributed by atoms with Gasteiger partial charge < -0.3 is 11.1 Å². The number of anilines is 3. The first-order chi connectivity index (χ1) is 9.27. The Morgan fingerprint density at radius 3 is 2.25 bits per heavy atom. The minimum absolute atomic E-state index is 0.0329. The van der Waals surface area contributed by atoms with E-state index in [1.165, 1.54) is 6.07 Å². The molecule has 2 rings (SSSR count). The van der Waals surface area contributed by atoms with Gasteiger partial charge in [-0.3, -0.25) is 0 Å². The van der Waals surface area contributed by atoms with Gasteiger partial charge in [-0.05, 0) is 59.0 Å². The monoisotopic (exact) mass is 412 g/mol. The molecular formula is C13H9ClF3IN2. The van der Waals surface area contributed by atoms with E-state index in [-0.39, 0.29) is 5.69 Å². The van der Waals surface area contributed by atoms with Crippen molar-refractivity contribution >= 4 is 51.3 Å². The molecule has 0 saturated carbocycles. The number of halogens is 5. The lowest BCUT2D eigenvalue weighted by atomic mass is 10.1. The number of nitrogen functional groups attached to an aromatic ring is 1. The molecule has 0 radical (unpaired) electrons. The second-order valence-corrected chi connectivity index (χ2v) is 5.65. The summed E-state index contributed by atoms with van der Waals surface area (Å²) in [5, 5.41) is 3.57. The van der Waals surface area contributed by atoms with E-state index < -0.39 is 11.7 Å². The Balaban J connectivity index is 2.30. The second kappa shape index (κ2) is 5.69. The molecule has 20 heavy (non-hydrogen) atoms. The van der Waals surface area contributed by atoms with Crippen LogP contribution in [0.4, 0.5) is 30.2 Å². The smallest absolute Gasteiger partial charge is 0.397 e. The zero-order chi connectivity index (χ0) is 14.9. The van der Waals surface area contributed by atoms with Crippen LogP contribution in [0.3, 0.4) is 0 Å². The van der Waals surface area contributed by atoms with Crippen molar-refractivity contribution in [2.24, 2.45) is 0 Å². The lowest BCUT2D eigenvalue weighted by Gasteiger charge is -2.13. The molecule has 0 aliphatic rings. The first-order valence-electron chi connectivity index (χ1n) is 5.46. The van der Waals surface area contributed by atoms with Crippen LogP contribution in [0, 0.1) is 3.57 Å². The molecule has 0 heterocycles. The van der Waals surface area contributed by atoms with Crippen LogP contribution in [0.25, 0.3) is 0 Å². The molecule has 0 atom stereocenters. The van der Waals surface area contributed by atoms with Gasteiger partial charge >= 0.3 is 6.18 Å². The number of rotatable bonds is 2. The predicted molar refractivity (Wildman–Crippen MR) is 83.3 cm³/mol. The highest BCUT2D eigenvalue weighted by atomic mass is 127. The summed E-state index contributed by atoms with van der Waals surface area (Å²) < 4.78 is 38.5. The zero-order valence-electron chi connectivity index (χ0n) is 9.93. The number of benzene rings is 2. The predicted octanol–water partition coefficient (Wildman–Crippen LogP) is 5.29. The van der Waals surface area contributed by atoms with Crippen LogP contribution in [0.15, 0.2) is 36.4 Å². The maximum Gasteiger partial charge on any atom is 0.416 e. The lowest BCUT2D eigenvalue weighted by molar-refractivity contribution is -0.137. The van der Waals surface area contributed by atoms with Gasteiger partial charge in [0.15, 0.2) is 0 Å². The summed E-state index contributed by atoms with van der Waals surface area (Å²) >= 11 is 7.92. The lowest BCUT2D eigenvalue weighted by Crippen LogP contribution is -2.06.